The minimum Gasteiger partial charge on any atom is -0.477 e. The van der Waals surface area contributed by atoms with Crippen LogP contribution in [0.3, 0.4) is 0 Å². The molecule has 3 nitrogen and oxygen atoms in total. The van der Waals surface area contributed by atoms with Crippen LogP contribution >= 0.6 is 11.6 Å². The van der Waals surface area contributed by atoms with Gasteiger partial charge in [0.05, 0.1) is 0 Å². The zero-order chi connectivity index (χ0) is 10.1. The van der Waals surface area contributed by atoms with Gasteiger partial charge in [0, 0.05) is 10.7 Å². The van der Waals surface area contributed by atoms with E-state index in [2.05, 4.69) is 4.98 Å². The Labute approximate surface area is 86.7 Å². The monoisotopic (exact) mass is 211 g/mol. The fourth-order valence-corrected chi connectivity index (χ4v) is 1.61. The molecule has 0 unspecified atom stereocenters. The van der Waals surface area contributed by atoms with Crippen LogP contribution in [0.4, 0.5) is 0 Å². The topological polar surface area (TPSA) is 50.2 Å². The van der Waals surface area contributed by atoms with Gasteiger partial charge in [0.25, 0.3) is 0 Å². The number of carbonyl (C=O) groups is 1. The van der Waals surface area contributed by atoms with E-state index < -0.39 is 5.97 Å². The zero-order valence-corrected chi connectivity index (χ0v) is 8.29. The molecule has 0 spiro atoms. The molecular weight excluding hydrogens is 202 g/mol. The van der Waals surface area contributed by atoms with Crippen molar-refractivity contribution in [2.75, 3.05) is 0 Å². The van der Waals surface area contributed by atoms with Gasteiger partial charge in [-0.3, -0.25) is 0 Å². The molecule has 0 radical (unpaired) electrons. The maximum atomic E-state index is 10.7. The second-order valence-corrected chi connectivity index (χ2v) is 4.05. The van der Waals surface area contributed by atoms with Gasteiger partial charge in [-0.05, 0) is 37.3 Å². The predicted molar refractivity (Wildman–Crippen MR) is 52.6 cm³/mol. The molecule has 1 fully saturated rings. The number of hydrogen-bond acceptors (Lipinski definition) is 2. The quantitative estimate of drug-likeness (QED) is 0.835. The summed E-state index contributed by atoms with van der Waals surface area (Å²) in [6, 6.07) is 3.12. The highest BCUT2D eigenvalue weighted by Gasteiger charge is 2.22. The first-order chi connectivity index (χ1) is 6.65. The molecule has 14 heavy (non-hydrogen) atoms. The molecule has 0 amide bonds. The molecule has 1 N–H and O–H groups in total. The Hall–Kier alpha value is -1.09. The molecule has 2 rings (SSSR count). The number of halogens is 1. The summed E-state index contributed by atoms with van der Waals surface area (Å²) in [4.78, 5) is 14.7. The Balaban J connectivity index is 2.25. The minimum atomic E-state index is -1.02. The van der Waals surface area contributed by atoms with E-state index in [1.807, 2.05) is 0 Å². The van der Waals surface area contributed by atoms with E-state index >= 15 is 0 Å². The SMILES string of the molecule is O=C(O)c1cc(Cl)cc(CC2CC2)n1. The van der Waals surface area contributed by atoms with Crippen LogP contribution in [0.2, 0.25) is 5.02 Å². The average molecular weight is 212 g/mol. The first kappa shape index (κ1) is 9.46. The lowest BCUT2D eigenvalue weighted by atomic mass is 10.2. The van der Waals surface area contributed by atoms with Crippen molar-refractivity contribution < 1.29 is 9.90 Å². The molecule has 0 bridgehead atoms. The summed E-state index contributed by atoms with van der Waals surface area (Å²) < 4.78 is 0. The van der Waals surface area contributed by atoms with Crippen LogP contribution in [0.5, 0.6) is 0 Å². The number of carboxylic acids is 1. The molecule has 0 saturated heterocycles. The number of nitrogens with zero attached hydrogens (tertiary/aromatic N) is 1. The number of rotatable bonds is 3. The van der Waals surface area contributed by atoms with E-state index in [4.69, 9.17) is 16.7 Å². The summed E-state index contributed by atoms with van der Waals surface area (Å²) in [5, 5.41) is 9.21. The lowest BCUT2D eigenvalue weighted by Gasteiger charge is -2.01. The van der Waals surface area contributed by atoms with Crippen LogP contribution in [0.25, 0.3) is 0 Å². The van der Waals surface area contributed by atoms with E-state index in [9.17, 15) is 4.79 Å². The number of aromatic nitrogens is 1. The van der Waals surface area contributed by atoms with E-state index in [0.29, 0.717) is 10.9 Å². The number of hydrogen-bond donors (Lipinski definition) is 1. The Morgan fingerprint density at radius 1 is 1.57 bits per heavy atom. The minimum absolute atomic E-state index is 0.0353. The van der Waals surface area contributed by atoms with Crippen molar-refractivity contribution in [2.24, 2.45) is 5.92 Å². The summed E-state index contributed by atoms with van der Waals surface area (Å²) in [5.74, 6) is -0.341. The number of carboxylic acid groups (broad SMARTS) is 1. The summed E-state index contributed by atoms with van der Waals surface area (Å²) in [5.41, 5.74) is 0.825. The maximum Gasteiger partial charge on any atom is 0.354 e. The van der Waals surface area contributed by atoms with Gasteiger partial charge in [0.15, 0.2) is 0 Å². The van der Waals surface area contributed by atoms with Crippen molar-refractivity contribution >= 4 is 17.6 Å². The molecule has 0 aliphatic heterocycles. The smallest absolute Gasteiger partial charge is 0.354 e. The highest BCUT2D eigenvalue weighted by atomic mass is 35.5. The fourth-order valence-electron chi connectivity index (χ4n) is 1.38. The maximum absolute atomic E-state index is 10.7. The number of pyridine rings is 1. The average Bonchev–Trinajstić information content (AvgIpc) is 2.87. The standard InChI is InChI=1S/C10H10ClNO2/c11-7-4-8(3-6-1-2-6)12-9(5-7)10(13)14/h4-6H,1-3H2,(H,13,14). The zero-order valence-electron chi connectivity index (χ0n) is 7.53. The highest BCUT2D eigenvalue weighted by molar-refractivity contribution is 6.30. The third kappa shape index (κ3) is 2.23. The van der Waals surface area contributed by atoms with Crippen molar-refractivity contribution in [3.8, 4) is 0 Å². The van der Waals surface area contributed by atoms with Gasteiger partial charge in [-0.25, -0.2) is 9.78 Å². The molecule has 0 atom stereocenters. The van der Waals surface area contributed by atoms with Gasteiger partial charge < -0.3 is 5.11 Å². The van der Waals surface area contributed by atoms with E-state index in [1.165, 1.54) is 18.9 Å². The molecular formula is C10H10ClNO2. The van der Waals surface area contributed by atoms with Gasteiger partial charge >= 0.3 is 5.97 Å². The molecule has 74 valence electrons. The third-order valence-corrected chi connectivity index (χ3v) is 2.48. The first-order valence-corrected chi connectivity index (χ1v) is 4.92. The van der Waals surface area contributed by atoms with Gasteiger partial charge in [-0.15, -0.1) is 0 Å². The van der Waals surface area contributed by atoms with Gasteiger partial charge in [0.1, 0.15) is 5.69 Å². The molecule has 1 aromatic rings. The van der Waals surface area contributed by atoms with Crippen LogP contribution in [-0.2, 0) is 6.42 Å². The van der Waals surface area contributed by atoms with Crippen molar-refractivity contribution in [3.05, 3.63) is 28.5 Å². The Morgan fingerprint density at radius 3 is 2.86 bits per heavy atom. The highest BCUT2D eigenvalue weighted by Crippen LogP contribution is 2.32. The van der Waals surface area contributed by atoms with Crippen LogP contribution < -0.4 is 0 Å². The molecule has 0 aromatic carbocycles. The van der Waals surface area contributed by atoms with Crippen LogP contribution in [0.1, 0.15) is 29.0 Å². The van der Waals surface area contributed by atoms with Gasteiger partial charge in [0.2, 0.25) is 0 Å². The summed E-state index contributed by atoms with van der Waals surface area (Å²) in [6.07, 6.45) is 3.29. The van der Waals surface area contributed by atoms with E-state index in [-0.39, 0.29) is 5.69 Å². The van der Waals surface area contributed by atoms with Crippen molar-refractivity contribution in [1.82, 2.24) is 4.98 Å². The third-order valence-electron chi connectivity index (χ3n) is 2.26. The Morgan fingerprint density at radius 2 is 2.29 bits per heavy atom. The van der Waals surface area contributed by atoms with Crippen LogP contribution in [0, 0.1) is 5.92 Å². The lowest BCUT2D eigenvalue weighted by molar-refractivity contribution is 0.0690. The van der Waals surface area contributed by atoms with Crippen molar-refractivity contribution in [1.29, 1.82) is 0 Å². The fraction of sp³-hybridized carbons (Fsp3) is 0.400. The predicted octanol–water partition coefficient (Wildman–Crippen LogP) is 2.39. The molecule has 1 saturated carbocycles. The van der Waals surface area contributed by atoms with Gasteiger partial charge in [-0.1, -0.05) is 11.6 Å². The summed E-state index contributed by atoms with van der Waals surface area (Å²) in [7, 11) is 0. The Kier molecular flexibility index (Phi) is 2.42. The van der Waals surface area contributed by atoms with Gasteiger partial charge in [-0.2, -0.15) is 0 Å². The second kappa shape index (κ2) is 3.58. The summed E-state index contributed by atoms with van der Waals surface area (Å²) >= 11 is 5.79. The molecule has 4 heteroatoms. The molecule has 1 aliphatic carbocycles. The largest absolute Gasteiger partial charge is 0.477 e. The van der Waals surface area contributed by atoms with E-state index in [1.54, 1.807) is 6.07 Å². The normalized spacial score (nSPS) is 15.5. The lowest BCUT2D eigenvalue weighted by Crippen LogP contribution is -2.03. The molecule has 1 heterocycles. The van der Waals surface area contributed by atoms with E-state index in [0.717, 1.165) is 12.1 Å². The number of aromatic carboxylic acids is 1. The van der Waals surface area contributed by atoms with Crippen molar-refractivity contribution in [3.63, 3.8) is 0 Å². The first-order valence-electron chi connectivity index (χ1n) is 4.55. The molecule has 1 aliphatic rings. The van der Waals surface area contributed by atoms with Crippen molar-refractivity contribution in [2.45, 2.75) is 19.3 Å². The van der Waals surface area contributed by atoms with Crippen LogP contribution in [-0.4, -0.2) is 16.1 Å². The Bertz CT molecular complexity index is 374. The summed E-state index contributed by atoms with van der Waals surface area (Å²) in [6.45, 7) is 0. The second-order valence-electron chi connectivity index (χ2n) is 3.61. The van der Waals surface area contributed by atoms with Crippen LogP contribution in [0.15, 0.2) is 12.1 Å². The molecule has 1 aromatic heterocycles.